The molecular formula is C18H20BrN3. The zero-order valence-corrected chi connectivity index (χ0v) is 14.2. The fourth-order valence-corrected chi connectivity index (χ4v) is 4.09. The fraction of sp³-hybridized carbons (Fsp3) is 0.389. The van der Waals surface area contributed by atoms with Gasteiger partial charge in [-0.2, -0.15) is 0 Å². The van der Waals surface area contributed by atoms with Gasteiger partial charge in [-0.15, -0.1) is 0 Å². The lowest BCUT2D eigenvalue weighted by atomic mass is 10.0. The lowest BCUT2D eigenvalue weighted by molar-refractivity contribution is 0.174. The van der Waals surface area contributed by atoms with Crippen LogP contribution in [-0.4, -0.2) is 42.1 Å². The van der Waals surface area contributed by atoms with E-state index in [1.165, 1.54) is 37.1 Å². The van der Waals surface area contributed by atoms with E-state index >= 15 is 0 Å². The SMILES string of the molecule is Brc1cnc(N2CCN3CCCC2C3)cc1-c1ccccc1. The van der Waals surface area contributed by atoms with Gasteiger partial charge in [0.05, 0.1) is 0 Å². The van der Waals surface area contributed by atoms with Crippen molar-refractivity contribution >= 4 is 21.7 Å². The van der Waals surface area contributed by atoms with E-state index in [1.807, 2.05) is 6.20 Å². The summed E-state index contributed by atoms with van der Waals surface area (Å²) in [5.41, 5.74) is 2.46. The summed E-state index contributed by atoms with van der Waals surface area (Å²) >= 11 is 3.65. The molecule has 0 radical (unpaired) electrons. The number of rotatable bonds is 2. The van der Waals surface area contributed by atoms with Gasteiger partial charge in [-0.25, -0.2) is 4.98 Å². The second kappa shape index (κ2) is 6.01. The monoisotopic (exact) mass is 357 g/mol. The molecule has 0 spiro atoms. The fourth-order valence-electron chi connectivity index (χ4n) is 3.65. The van der Waals surface area contributed by atoms with Crippen molar-refractivity contribution < 1.29 is 0 Å². The van der Waals surface area contributed by atoms with Crippen molar-refractivity contribution in [2.75, 3.05) is 31.1 Å². The van der Waals surface area contributed by atoms with Crippen molar-refractivity contribution in [3.05, 3.63) is 47.1 Å². The molecular weight excluding hydrogens is 338 g/mol. The molecule has 0 saturated carbocycles. The third-order valence-electron chi connectivity index (χ3n) is 4.80. The molecule has 0 N–H and O–H groups in total. The Bertz CT molecular complexity index is 659. The molecule has 2 aliphatic rings. The molecule has 2 saturated heterocycles. The molecule has 2 aliphatic heterocycles. The number of piperazine rings is 1. The maximum absolute atomic E-state index is 4.70. The predicted octanol–water partition coefficient (Wildman–Crippen LogP) is 3.80. The summed E-state index contributed by atoms with van der Waals surface area (Å²) in [6.07, 6.45) is 4.55. The molecule has 1 aromatic carbocycles. The summed E-state index contributed by atoms with van der Waals surface area (Å²) in [5.74, 6) is 1.12. The molecule has 3 heterocycles. The maximum atomic E-state index is 4.70. The highest BCUT2D eigenvalue weighted by atomic mass is 79.9. The number of aromatic nitrogens is 1. The van der Waals surface area contributed by atoms with Gasteiger partial charge in [0, 0.05) is 41.9 Å². The first-order valence-corrected chi connectivity index (χ1v) is 8.80. The second-order valence-electron chi connectivity index (χ2n) is 6.18. The average molecular weight is 358 g/mol. The molecule has 4 heteroatoms. The van der Waals surface area contributed by atoms with Crippen LogP contribution in [0.4, 0.5) is 5.82 Å². The van der Waals surface area contributed by atoms with Crippen LogP contribution in [-0.2, 0) is 0 Å². The summed E-state index contributed by atoms with van der Waals surface area (Å²) in [6, 6.07) is 13.4. The molecule has 3 nitrogen and oxygen atoms in total. The molecule has 2 bridgehead atoms. The smallest absolute Gasteiger partial charge is 0.129 e. The van der Waals surface area contributed by atoms with Crippen molar-refractivity contribution in [1.29, 1.82) is 0 Å². The van der Waals surface area contributed by atoms with E-state index in [-0.39, 0.29) is 0 Å². The molecule has 0 amide bonds. The van der Waals surface area contributed by atoms with E-state index in [2.05, 4.69) is 62.1 Å². The number of halogens is 1. The number of hydrogen-bond acceptors (Lipinski definition) is 3. The van der Waals surface area contributed by atoms with Crippen LogP contribution >= 0.6 is 15.9 Å². The van der Waals surface area contributed by atoms with Crippen LogP contribution < -0.4 is 4.90 Å². The van der Waals surface area contributed by atoms with Gasteiger partial charge in [0.15, 0.2) is 0 Å². The van der Waals surface area contributed by atoms with Gasteiger partial charge in [-0.1, -0.05) is 30.3 Å². The Labute approximate surface area is 140 Å². The highest BCUT2D eigenvalue weighted by Gasteiger charge is 2.30. The van der Waals surface area contributed by atoms with Crippen LogP contribution in [0.5, 0.6) is 0 Å². The molecule has 4 rings (SSSR count). The van der Waals surface area contributed by atoms with Gasteiger partial charge in [0.2, 0.25) is 0 Å². The maximum Gasteiger partial charge on any atom is 0.129 e. The Kier molecular flexibility index (Phi) is 3.89. The number of benzene rings is 1. The molecule has 2 fully saturated rings. The quantitative estimate of drug-likeness (QED) is 0.814. The molecule has 114 valence electrons. The topological polar surface area (TPSA) is 19.4 Å². The average Bonchev–Trinajstić information content (AvgIpc) is 2.57. The number of pyridine rings is 1. The Morgan fingerprint density at radius 2 is 1.95 bits per heavy atom. The highest BCUT2D eigenvalue weighted by Crippen LogP contribution is 2.32. The van der Waals surface area contributed by atoms with E-state index in [4.69, 9.17) is 4.98 Å². The summed E-state index contributed by atoms with van der Waals surface area (Å²) in [7, 11) is 0. The summed E-state index contributed by atoms with van der Waals surface area (Å²) in [6.45, 7) is 4.72. The number of fused-ring (bicyclic) bond motifs is 2. The van der Waals surface area contributed by atoms with E-state index in [1.54, 1.807) is 0 Å². The molecule has 22 heavy (non-hydrogen) atoms. The summed E-state index contributed by atoms with van der Waals surface area (Å²) in [5, 5.41) is 0. The zero-order valence-electron chi connectivity index (χ0n) is 12.6. The van der Waals surface area contributed by atoms with Gasteiger partial charge >= 0.3 is 0 Å². The molecule has 2 unspecified atom stereocenters. The van der Waals surface area contributed by atoms with E-state index in [9.17, 15) is 0 Å². The van der Waals surface area contributed by atoms with Crippen molar-refractivity contribution in [3.63, 3.8) is 0 Å². The third kappa shape index (κ3) is 2.66. The summed E-state index contributed by atoms with van der Waals surface area (Å²) < 4.78 is 1.06. The first-order chi connectivity index (χ1) is 10.8. The Balaban J connectivity index is 1.68. The van der Waals surface area contributed by atoms with Crippen molar-refractivity contribution in [3.8, 4) is 11.1 Å². The number of hydrogen-bond donors (Lipinski definition) is 0. The normalized spacial score (nSPS) is 24.3. The van der Waals surface area contributed by atoms with Gasteiger partial charge in [-0.05, 0) is 46.9 Å². The minimum Gasteiger partial charge on any atom is -0.351 e. The molecule has 0 aliphatic carbocycles. The van der Waals surface area contributed by atoms with Crippen LogP contribution in [0.1, 0.15) is 12.8 Å². The van der Waals surface area contributed by atoms with Crippen molar-refractivity contribution in [2.24, 2.45) is 0 Å². The Morgan fingerprint density at radius 1 is 1.09 bits per heavy atom. The third-order valence-corrected chi connectivity index (χ3v) is 5.43. The number of nitrogens with zero attached hydrogens (tertiary/aromatic N) is 3. The van der Waals surface area contributed by atoms with Crippen LogP contribution in [0.25, 0.3) is 11.1 Å². The molecule has 2 aromatic rings. The van der Waals surface area contributed by atoms with E-state index in [0.717, 1.165) is 23.4 Å². The highest BCUT2D eigenvalue weighted by molar-refractivity contribution is 9.10. The first kappa shape index (κ1) is 14.2. The minimum absolute atomic E-state index is 0.625. The van der Waals surface area contributed by atoms with E-state index < -0.39 is 0 Å². The Hall–Kier alpha value is -1.39. The standard InChI is InChI=1S/C18H20BrN3/c19-17-12-20-18(11-16(17)14-5-2-1-3-6-14)22-10-9-21-8-4-7-15(22)13-21/h1-3,5-6,11-12,15H,4,7-10,13H2. The number of anilines is 1. The van der Waals surface area contributed by atoms with Gasteiger partial charge in [-0.3, -0.25) is 4.90 Å². The Morgan fingerprint density at radius 3 is 2.82 bits per heavy atom. The van der Waals surface area contributed by atoms with Gasteiger partial charge < -0.3 is 4.90 Å². The van der Waals surface area contributed by atoms with E-state index in [0.29, 0.717) is 6.04 Å². The summed E-state index contributed by atoms with van der Waals surface area (Å²) in [4.78, 5) is 9.79. The van der Waals surface area contributed by atoms with Crippen LogP contribution in [0.15, 0.2) is 47.1 Å². The van der Waals surface area contributed by atoms with Gasteiger partial charge in [0.1, 0.15) is 5.82 Å². The predicted molar refractivity (Wildman–Crippen MR) is 94.2 cm³/mol. The zero-order chi connectivity index (χ0) is 14.9. The van der Waals surface area contributed by atoms with Crippen molar-refractivity contribution in [2.45, 2.75) is 18.9 Å². The second-order valence-corrected chi connectivity index (χ2v) is 7.03. The van der Waals surface area contributed by atoms with Crippen LogP contribution in [0.2, 0.25) is 0 Å². The van der Waals surface area contributed by atoms with Crippen molar-refractivity contribution in [1.82, 2.24) is 9.88 Å². The largest absolute Gasteiger partial charge is 0.351 e. The molecule has 2 atom stereocenters. The number of piperidine rings is 1. The van der Waals surface area contributed by atoms with Gasteiger partial charge in [0.25, 0.3) is 0 Å². The van der Waals surface area contributed by atoms with Crippen LogP contribution in [0, 0.1) is 0 Å². The van der Waals surface area contributed by atoms with Crippen LogP contribution in [0.3, 0.4) is 0 Å². The molecule has 1 aromatic heterocycles. The lowest BCUT2D eigenvalue weighted by Crippen LogP contribution is -2.56. The first-order valence-electron chi connectivity index (χ1n) is 8.01. The lowest BCUT2D eigenvalue weighted by Gasteiger charge is -2.45. The minimum atomic E-state index is 0.625.